The van der Waals surface area contributed by atoms with Gasteiger partial charge in [-0.3, -0.25) is 4.99 Å². The summed E-state index contributed by atoms with van der Waals surface area (Å²) in [5.74, 6) is 1.29. The van der Waals surface area contributed by atoms with Crippen LogP contribution in [0.3, 0.4) is 0 Å². The third-order valence-corrected chi connectivity index (χ3v) is 3.47. The van der Waals surface area contributed by atoms with Crippen LogP contribution in [0.2, 0.25) is 0 Å². The molecule has 128 valence electrons. The highest BCUT2D eigenvalue weighted by molar-refractivity contribution is 5.78. The number of carbonyl (C=O) groups excluding carboxylic acids is 1. The highest BCUT2D eigenvalue weighted by Crippen LogP contribution is 2.12. The molecule has 0 aromatic heterocycles. The summed E-state index contributed by atoms with van der Waals surface area (Å²) >= 11 is 0. The standard InChI is InChI=1S/C16H32N4O2/c1-13(2)7-6-8-18-14(17)19-9-11-20(12-10-19)15(21)22-16(3,4)5/h13H,6-12H2,1-5H3,(H2,17,18). The minimum Gasteiger partial charge on any atom is -0.444 e. The van der Waals surface area contributed by atoms with Crippen molar-refractivity contribution in [3.8, 4) is 0 Å². The fraction of sp³-hybridized carbons (Fsp3) is 0.875. The number of piperazine rings is 1. The first-order valence-electron chi connectivity index (χ1n) is 8.22. The zero-order valence-corrected chi connectivity index (χ0v) is 14.8. The first-order chi connectivity index (χ1) is 10.2. The van der Waals surface area contributed by atoms with Crippen molar-refractivity contribution in [2.24, 2.45) is 16.6 Å². The molecule has 6 nitrogen and oxygen atoms in total. The van der Waals surface area contributed by atoms with E-state index >= 15 is 0 Å². The van der Waals surface area contributed by atoms with Crippen molar-refractivity contribution in [2.75, 3.05) is 32.7 Å². The highest BCUT2D eigenvalue weighted by Gasteiger charge is 2.26. The maximum Gasteiger partial charge on any atom is 0.410 e. The maximum atomic E-state index is 12.0. The molecule has 0 saturated carbocycles. The fourth-order valence-corrected chi connectivity index (χ4v) is 2.24. The van der Waals surface area contributed by atoms with E-state index in [0.717, 1.165) is 13.0 Å². The minimum atomic E-state index is -0.453. The van der Waals surface area contributed by atoms with E-state index < -0.39 is 5.60 Å². The molecule has 0 atom stereocenters. The second kappa shape index (κ2) is 8.25. The van der Waals surface area contributed by atoms with Crippen molar-refractivity contribution in [1.29, 1.82) is 0 Å². The molecular weight excluding hydrogens is 280 g/mol. The molecule has 0 radical (unpaired) electrons. The second-order valence-electron chi connectivity index (χ2n) is 7.23. The normalized spacial score (nSPS) is 17.1. The summed E-state index contributed by atoms with van der Waals surface area (Å²) in [6.07, 6.45) is 1.99. The lowest BCUT2D eigenvalue weighted by Gasteiger charge is -2.36. The van der Waals surface area contributed by atoms with Crippen molar-refractivity contribution in [3.05, 3.63) is 0 Å². The molecule has 0 unspecified atom stereocenters. The Bertz CT molecular complexity index is 380. The number of hydrogen-bond donors (Lipinski definition) is 1. The van der Waals surface area contributed by atoms with Crippen LogP contribution >= 0.6 is 0 Å². The number of carbonyl (C=O) groups is 1. The van der Waals surface area contributed by atoms with Crippen LogP contribution in [0.15, 0.2) is 4.99 Å². The molecule has 1 fully saturated rings. The molecule has 22 heavy (non-hydrogen) atoms. The summed E-state index contributed by atoms with van der Waals surface area (Å²) in [4.78, 5) is 20.2. The summed E-state index contributed by atoms with van der Waals surface area (Å²) in [6, 6.07) is 0. The monoisotopic (exact) mass is 312 g/mol. The van der Waals surface area contributed by atoms with Crippen molar-refractivity contribution < 1.29 is 9.53 Å². The number of nitrogens with two attached hydrogens (primary N) is 1. The smallest absolute Gasteiger partial charge is 0.410 e. The average molecular weight is 312 g/mol. The van der Waals surface area contributed by atoms with E-state index in [9.17, 15) is 4.79 Å². The lowest BCUT2D eigenvalue weighted by Crippen LogP contribution is -2.53. The SMILES string of the molecule is CC(C)CCCN=C(N)N1CCN(C(=O)OC(C)(C)C)CC1. The second-order valence-corrected chi connectivity index (χ2v) is 7.23. The summed E-state index contributed by atoms with van der Waals surface area (Å²) < 4.78 is 5.38. The Hall–Kier alpha value is -1.46. The van der Waals surface area contributed by atoms with Crippen LogP contribution in [-0.2, 0) is 4.74 Å². The Morgan fingerprint density at radius 1 is 1.18 bits per heavy atom. The van der Waals surface area contributed by atoms with E-state index in [1.165, 1.54) is 6.42 Å². The molecule has 1 aliphatic heterocycles. The van der Waals surface area contributed by atoms with Gasteiger partial charge in [-0.15, -0.1) is 0 Å². The lowest BCUT2D eigenvalue weighted by molar-refractivity contribution is 0.0186. The maximum absolute atomic E-state index is 12.0. The van der Waals surface area contributed by atoms with E-state index in [1.54, 1.807) is 4.90 Å². The van der Waals surface area contributed by atoms with E-state index in [4.69, 9.17) is 10.5 Å². The van der Waals surface area contributed by atoms with Gasteiger partial charge in [-0.2, -0.15) is 0 Å². The predicted octanol–water partition coefficient (Wildman–Crippen LogP) is 2.29. The number of guanidine groups is 1. The number of rotatable bonds is 4. The molecule has 6 heteroatoms. The molecule has 0 bridgehead atoms. The van der Waals surface area contributed by atoms with Crippen molar-refractivity contribution in [3.63, 3.8) is 0 Å². The Kier molecular flexibility index (Phi) is 6.97. The summed E-state index contributed by atoms with van der Waals surface area (Å²) in [7, 11) is 0. The van der Waals surface area contributed by atoms with Gasteiger partial charge in [-0.1, -0.05) is 13.8 Å². The molecule has 0 aromatic rings. The van der Waals surface area contributed by atoms with E-state index in [-0.39, 0.29) is 6.09 Å². The van der Waals surface area contributed by atoms with Crippen LogP contribution in [0.1, 0.15) is 47.5 Å². The van der Waals surface area contributed by atoms with Crippen molar-refractivity contribution in [1.82, 2.24) is 9.80 Å². The topological polar surface area (TPSA) is 71.2 Å². The molecule has 2 N–H and O–H groups in total. The molecule has 1 heterocycles. The molecule has 1 aliphatic rings. The first-order valence-corrected chi connectivity index (χ1v) is 8.22. The molecule has 1 rings (SSSR count). The van der Waals surface area contributed by atoms with Gasteiger partial charge in [0.1, 0.15) is 5.60 Å². The van der Waals surface area contributed by atoms with Crippen LogP contribution in [0.25, 0.3) is 0 Å². The zero-order valence-electron chi connectivity index (χ0n) is 14.8. The fourth-order valence-electron chi connectivity index (χ4n) is 2.24. The Balaban J connectivity index is 2.35. The summed E-state index contributed by atoms with van der Waals surface area (Å²) in [5, 5.41) is 0. The van der Waals surface area contributed by atoms with Gasteiger partial charge < -0.3 is 20.3 Å². The van der Waals surface area contributed by atoms with Gasteiger partial charge in [0.25, 0.3) is 0 Å². The quantitative estimate of drug-likeness (QED) is 0.491. The third kappa shape index (κ3) is 7.00. The Labute approximate surface area is 134 Å². The zero-order chi connectivity index (χ0) is 16.8. The molecule has 0 aromatic carbocycles. The number of ether oxygens (including phenoxy) is 1. The average Bonchev–Trinajstić information content (AvgIpc) is 2.41. The van der Waals surface area contributed by atoms with Gasteiger partial charge in [0.05, 0.1) is 0 Å². The van der Waals surface area contributed by atoms with Crippen LogP contribution < -0.4 is 5.73 Å². The highest BCUT2D eigenvalue weighted by atomic mass is 16.6. The molecule has 1 saturated heterocycles. The molecule has 0 spiro atoms. The van der Waals surface area contributed by atoms with Crippen molar-refractivity contribution in [2.45, 2.75) is 53.1 Å². The largest absolute Gasteiger partial charge is 0.444 e. The van der Waals surface area contributed by atoms with E-state index in [2.05, 4.69) is 18.8 Å². The predicted molar refractivity (Wildman–Crippen MR) is 89.9 cm³/mol. The van der Waals surface area contributed by atoms with Gasteiger partial charge in [0, 0.05) is 32.7 Å². The van der Waals surface area contributed by atoms with Crippen LogP contribution in [-0.4, -0.2) is 60.2 Å². The van der Waals surface area contributed by atoms with Gasteiger partial charge in [-0.25, -0.2) is 4.79 Å². The molecule has 0 aliphatic carbocycles. The first kappa shape index (κ1) is 18.6. The van der Waals surface area contributed by atoms with Crippen LogP contribution in [0, 0.1) is 5.92 Å². The summed E-state index contributed by atoms with van der Waals surface area (Å²) in [5.41, 5.74) is 5.58. The van der Waals surface area contributed by atoms with E-state index in [1.807, 2.05) is 25.7 Å². The van der Waals surface area contributed by atoms with Gasteiger partial charge in [0.15, 0.2) is 5.96 Å². The summed E-state index contributed by atoms with van der Waals surface area (Å²) in [6.45, 7) is 13.5. The van der Waals surface area contributed by atoms with Gasteiger partial charge >= 0.3 is 6.09 Å². The molecule has 1 amide bonds. The molecular formula is C16H32N4O2. The van der Waals surface area contributed by atoms with Gasteiger partial charge in [-0.05, 0) is 39.5 Å². The van der Waals surface area contributed by atoms with Crippen molar-refractivity contribution >= 4 is 12.1 Å². The number of hydrogen-bond acceptors (Lipinski definition) is 3. The Morgan fingerprint density at radius 2 is 1.73 bits per heavy atom. The number of nitrogens with zero attached hydrogens (tertiary/aromatic N) is 3. The van der Waals surface area contributed by atoms with E-state index in [0.29, 0.717) is 38.1 Å². The minimum absolute atomic E-state index is 0.250. The number of amides is 1. The van der Waals surface area contributed by atoms with Crippen LogP contribution in [0.4, 0.5) is 4.79 Å². The number of aliphatic imine (C=N–C) groups is 1. The van der Waals surface area contributed by atoms with Crippen LogP contribution in [0.5, 0.6) is 0 Å². The van der Waals surface area contributed by atoms with Gasteiger partial charge in [0.2, 0.25) is 0 Å². The third-order valence-electron chi connectivity index (χ3n) is 3.47. The Morgan fingerprint density at radius 3 is 2.23 bits per heavy atom. The lowest BCUT2D eigenvalue weighted by atomic mass is 10.1.